The van der Waals surface area contributed by atoms with Crippen LogP contribution in [0.2, 0.25) is 0 Å². The minimum absolute atomic E-state index is 0.103. The minimum atomic E-state index is -4.41. The Kier molecular flexibility index (Phi) is 3.33. The molecule has 2 nitrogen and oxygen atoms in total. The van der Waals surface area contributed by atoms with E-state index in [4.69, 9.17) is 10.5 Å². The first-order valence-corrected chi connectivity index (χ1v) is 5.26. The molecule has 0 aliphatic heterocycles. The normalized spacial score (nSPS) is 11.4. The molecule has 0 unspecified atom stereocenters. The number of ether oxygens (including phenoxy) is 1. The van der Waals surface area contributed by atoms with Gasteiger partial charge in [-0.25, -0.2) is 4.39 Å². The van der Waals surface area contributed by atoms with Gasteiger partial charge in [0.1, 0.15) is 5.75 Å². The summed E-state index contributed by atoms with van der Waals surface area (Å²) in [5.41, 5.74) is 4.81. The summed E-state index contributed by atoms with van der Waals surface area (Å²) in [4.78, 5) is 0. The maximum atomic E-state index is 13.4. The number of nitrogen functional groups attached to an aromatic ring is 1. The molecule has 100 valence electrons. The van der Waals surface area contributed by atoms with Crippen LogP contribution >= 0.6 is 0 Å². The van der Waals surface area contributed by atoms with Crippen LogP contribution in [0.4, 0.5) is 23.2 Å². The number of halogens is 4. The molecular formula is C13H9F4NO. The molecule has 19 heavy (non-hydrogen) atoms. The van der Waals surface area contributed by atoms with E-state index in [9.17, 15) is 17.6 Å². The third kappa shape index (κ3) is 3.15. The Hall–Kier alpha value is -2.24. The second kappa shape index (κ2) is 4.79. The van der Waals surface area contributed by atoms with Crippen LogP contribution < -0.4 is 10.5 Å². The summed E-state index contributed by atoms with van der Waals surface area (Å²) >= 11 is 0. The topological polar surface area (TPSA) is 35.2 Å². The molecule has 0 fully saturated rings. The van der Waals surface area contributed by atoms with Crippen molar-refractivity contribution in [2.75, 3.05) is 5.73 Å². The first-order chi connectivity index (χ1) is 8.86. The number of hydrogen-bond donors (Lipinski definition) is 1. The molecule has 2 aromatic rings. The molecule has 6 heteroatoms. The van der Waals surface area contributed by atoms with Gasteiger partial charge in [-0.1, -0.05) is 0 Å². The van der Waals surface area contributed by atoms with E-state index in [2.05, 4.69) is 0 Å². The zero-order valence-electron chi connectivity index (χ0n) is 9.54. The lowest BCUT2D eigenvalue weighted by Crippen LogP contribution is -2.04. The largest absolute Gasteiger partial charge is 0.454 e. The van der Waals surface area contributed by atoms with E-state index in [1.165, 1.54) is 12.1 Å². The Balaban J connectivity index is 2.20. The number of benzene rings is 2. The van der Waals surface area contributed by atoms with Crippen LogP contribution in [0.5, 0.6) is 11.5 Å². The van der Waals surface area contributed by atoms with E-state index in [-0.39, 0.29) is 17.2 Å². The van der Waals surface area contributed by atoms with Crippen LogP contribution in [0.25, 0.3) is 0 Å². The number of anilines is 1. The summed E-state index contributed by atoms with van der Waals surface area (Å²) in [6, 6.07) is 7.79. The Morgan fingerprint density at radius 2 is 1.58 bits per heavy atom. The smallest absolute Gasteiger partial charge is 0.416 e. The summed E-state index contributed by atoms with van der Waals surface area (Å²) in [5, 5.41) is 0. The Bertz CT molecular complexity index is 578. The first-order valence-electron chi connectivity index (χ1n) is 5.26. The van der Waals surface area contributed by atoms with Gasteiger partial charge in [-0.2, -0.15) is 13.2 Å². The van der Waals surface area contributed by atoms with Crippen LogP contribution in [0.15, 0.2) is 42.5 Å². The second-order valence-electron chi connectivity index (χ2n) is 3.81. The number of nitrogens with two attached hydrogens (primary N) is 1. The molecule has 0 bridgehead atoms. The van der Waals surface area contributed by atoms with Crippen molar-refractivity contribution >= 4 is 5.69 Å². The number of alkyl halides is 3. The molecule has 0 aliphatic rings. The van der Waals surface area contributed by atoms with Crippen molar-refractivity contribution in [3.8, 4) is 11.5 Å². The van der Waals surface area contributed by atoms with Gasteiger partial charge in [-0.05, 0) is 36.4 Å². The van der Waals surface area contributed by atoms with E-state index >= 15 is 0 Å². The van der Waals surface area contributed by atoms with Gasteiger partial charge < -0.3 is 10.5 Å². The zero-order valence-corrected chi connectivity index (χ0v) is 9.54. The van der Waals surface area contributed by atoms with Gasteiger partial charge in [0.25, 0.3) is 0 Å². The number of hydrogen-bond acceptors (Lipinski definition) is 2. The third-order valence-electron chi connectivity index (χ3n) is 2.37. The van der Waals surface area contributed by atoms with E-state index in [1.54, 1.807) is 0 Å². The zero-order chi connectivity index (χ0) is 14.0. The summed E-state index contributed by atoms with van der Waals surface area (Å²) in [5.74, 6) is -0.675. The van der Waals surface area contributed by atoms with E-state index in [0.717, 1.165) is 30.3 Å². The van der Waals surface area contributed by atoms with Gasteiger partial charge >= 0.3 is 6.18 Å². The van der Waals surface area contributed by atoms with Crippen molar-refractivity contribution in [3.63, 3.8) is 0 Å². The van der Waals surface area contributed by atoms with Gasteiger partial charge in [0, 0.05) is 11.8 Å². The van der Waals surface area contributed by atoms with Crippen molar-refractivity contribution in [1.82, 2.24) is 0 Å². The monoisotopic (exact) mass is 271 g/mol. The summed E-state index contributed by atoms with van der Waals surface area (Å²) in [6.07, 6.45) is -4.41. The molecule has 0 aliphatic carbocycles. The van der Waals surface area contributed by atoms with Gasteiger partial charge in [0.2, 0.25) is 0 Å². The molecule has 0 spiro atoms. The fraction of sp³-hybridized carbons (Fsp3) is 0.0769. The Labute approximate surface area is 106 Å². The lowest BCUT2D eigenvalue weighted by Gasteiger charge is -2.09. The lowest BCUT2D eigenvalue weighted by molar-refractivity contribution is -0.137. The fourth-order valence-electron chi connectivity index (χ4n) is 1.44. The molecular weight excluding hydrogens is 262 g/mol. The maximum absolute atomic E-state index is 13.4. The van der Waals surface area contributed by atoms with Crippen LogP contribution in [-0.2, 0) is 6.18 Å². The van der Waals surface area contributed by atoms with Crippen molar-refractivity contribution in [1.29, 1.82) is 0 Å². The highest BCUT2D eigenvalue weighted by Gasteiger charge is 2.30. The molecule has 0 atom stereocenters. The molecule has 0 amide bonds. The SMILES string of the molecule is Nc1ccc(Oc2ccc(C(F)(F)F)cc2)c(F)c1. The maximum Gasteiger partial charge on any atom is 0.416 e. The molecule has 2 N–H and O–H groups in total. The summed E-state index contributed by atoms with van der Waals surface area (Å²) in [7, 11) is 0. The average molecular weight is 271 g/mol. The van der Waals surface area contributed by atoms with Crippen LogP contribution in [-0.4, -0.2) is 0 Å². The second-order valence-corrected chi connectivity index (χ2v) is 3.81. The standard InChI is InChI=1S/C13H9F4NO/c14-11-7-9(18)3-6-12(11)19-10-4-1-8(2-5-10)13(15,16)17/h1-7H,18H2. The average Bonchev–Trinajstić information content (AvgIpc) is 2.32. The van der Waals surface area contributed by atoms with Crippen molar-refractivity contribution in [2.24, 2.45) is 0 Å². The number of rotatable bonds is 2. The molecule has 0 aromatic heterocycles. The predicted octanol–water partition coefficient (Wildman–Crippen LogP) is 4.22. The van der Waals surface area contributed by atoms with Crippen LogP contribution in [0.1, 0.15) is 5.56 Å². The molecule has 0 radical (unpaired) electrons. The van der Waals surface area contributed by atoms with E-state index in [0.29, 0.717) is 0 Å². The Morgan fingerprint density at radius 3 is 2.11 bits per heavy atom. The molecule has 0 heterocycles. The molecule has 2 rings (SSSR count). The van der Waals surface area contributed by atoms with Crippen LogP contribution in [0, 0.1) is 5.82 Å². The highest BCUT2D eigenvalue weighted by molar-refractivity contribution is 5.44. The summed E-state index contributed by atoms with van der Waals surface area (Å²) in [6.45, 7) is 0. The van der Waals surface area contributed by atoms with E-state index < -0.39 is 17.6 Å². The predicted molar refractivity (Wildman–Crippen MR) is 62.3 cm³/mol. The third-order valence-corrected chi connectivity index (χ3v) is 2.37. The van der Waals surface area contributed by atoms with Crippen molar-refractivity contribution < 1.29 is 22.3 Å². The highest BCUT2D eigenvalue weighted by atomic mass is 19.4. The van der Waals surface area contributed by atoms with Gasteiger partial charge in [-0.15, -0.1) is 0 Å². The molecule has 0 saturated carbocycles. The highest BCUT2D eigenvalue weighted by Crippen LogP contribution is 2.32. The fourth-order valence-corrected chi connectivity index (χ4v) is 1.44. The summed E-state index contributed by atoms with van der Waals surface area (Å²) < 4.78 is 55.6. The molecule has 0 saturated heterocycles. The lowest BCUT2D eigenvalue weighted by atomic mass is 10.2. The Morgan fingerprint density at radius 1 is 0.947 bits per heavy atom. The van der Waals surface area contributed by atoms with Gasteiger partial charge in [0.05, 0.1) is 5.56 Å². The minimum Gasteiger partial charge on any atom is -0.454 e. The van der Waals surface area contributed by atoms with Crippen molar-refractivity contribution in [2.45, 2.75) is 6.18 Å². The van der Waals surface area contributed by atoms with Gasteiger partial charge in [0.15, 0.2) is 11.6 Å². The van der Waals surface area contributed by atoms with Gasteiger partial charge in [-0.3, -0.25) is 0 Å². The quantitative estimate of drug-likeness (QED) is 0.655. The molecule has 2 aromatic carbocycles. The van der Waals surface area contributed by atoms with E-state index in [1.807, 2.05) is 0 Å². The van der Waals surface area contributed by atoms with Crippen LogP contribution in [0.3, 0.4) is 0 Å². The van der Waals surface area contributed by atoms with Crippen molar-refractivity contribution in [3.05, 3.63) is 53.8 Å². The first kappa shape index (κ1) is 13.2.